The number of hydrogen-bond donors (Lipinski definition) is 1. The van der Waals surface area contributed by atoms with Crippen LogP contribution in [0.2, 0.25) is 0 Å². The van der Waals surface area contributed by atoms with Crippen LogP contribution >= 0.6 is 11.3 Å². The normalized spacial score (nSPS) is 10.4. The number of hydrogen-bond acceptors (Lipinski definition) is 4. The average molecular weight is 305 g/mol. The minimum absolute atomic E-state index is 0.0937. The summed E-state index contributed by atoms with van der Waals surface area (Å²) in [6.07, 6.45) is 0. The second-order valence-corrected chi connectivity index (χ2v) is 5.46. The highest BCUT2D eigenvalue weighted by molar-refractivity contribution is 7.09. The van der Waals surface area contributed by atoms with Gasteiger partial charge in [0.25, 0.3) is 5.91 Å². The van der Waals surface area contributed by atoms with Crippen LogP contribution in [0.15, 0.2) is 35.7 Å². The van der Waals surface area contributed by atoms with Crippen LogP contribution in [-0.2, 0) is 17.9 Å². The Morgan fingerprint density at radius 2 is 2.19 bits per heavy atom. The maximum Gasteiger partial charge on any atom is 0.251 e. The molecule has 0 unspecified atom stereocenters. The number of ether oxygens (including phenoxy) is 2. The Kier molecular flexibility index (Phi) is 5.78. The lowest BCUT2D eigenvalue weighted by Crippen LogP contribution is -2.22. The summed E-state index contributed by atoms with van der Waals surface area (Å²) in [5, 5.41) is 4.91. The van der Waals surface area contributed by atoms with Crippen molar-refractivity contribution in [2.75, 3.05) is 13.7 Å². The van der Waals surface area contributed by atoms with E-state index in [4.69, 9.17) is 9.47 Å². The summed E-state index contributed by atoms with van der Waals surface area (Å²) in [5.74, 6) is 0.641. The van der Waals surface area contributed by atoms with Gasteiger partial charge in [0.05, 0.1) is 20.3 Å². The Balaban J connectivity index is 2.05. The molecule has 4 nitrogen and oxygen atoms in total. The highest BCUT2D eigenvalue weighted by atomic mass is 32.1. The van der Waals surface area contributed by atoms with Crippen molar-refractivity contribution in [1.82, 2.24) is 5.32 Å². The SMILES string of the molecule is CCOCc1cc(C(=O)NCc2cccs2)ccc1OC. The van der Waals surface area contributed by atoms with Crippen LogP contribution in [0.1, 0.15) is 27.7 Å². The van der Waals surface area contributed by atoms with Crippen LogP contribution < -0.4 is 10.1 Å². The number of carbonyl (C=O) groups excluding carboxylic acids is 1. The molecule has 0 radical (unpaired) electrons. The Morgan fingerprint density at radius 3 is 2.86 bits per heavy atom. The summed E-state index contributed by atoms with van der Waals surface area (Å²) >= 11 is 1.63. The smallest absolute Gasteiger partial charge is 0.251 e. The number of benzene rings is 1. The average Bonchev–Trinajstić information content (AvgIpc) is 3.03. The van der Waals surface area contributed by atoms with Gasteiger partial charge >= 0.3 is 0 Å². The summed E-state index contributed by atoms with van der Waals surface area (Å²) in [4.78, 5) is 13.3. The van der Waals surface area contributed by atoms with Crippen LogP contribution in [0.3, 0.4) is 0 Å². The molecule has 5 heteroatoms. The highest BCUT2D eigenvalue weighted by Gasteiger charge is 2.10. The minimum Gasteiger partial charge on any atom is -0.496 e. The van der Waals surface area contributed by atoms with E-state index in [-0.39, 0.29) is 5.91 Å². The molecule has 1 N–H and O–H groups in total. The molecule has 0 saturated carbocycles. The fourth-order valence-corrected chi connectivity index (χ4v) is 2.57. The first-order valence-electron chi connectivity index (χ1n) is 6.79. The topological polar surface area (TPSA) is 47.6 Å². The van der Waals surface area contributed by atoms with Crippen molar-refractivity contribution < 1.29 is 14.3 Å². The third-order valence-corrected chi connectivity index (χ3v) is 3.88. The third kappa shape index (κ3) is 4.31. The largest absolute Gasteiger partial charge is 0.496 e. The molecule has 1 aromatic carbocycles. The van der Waals surface area contributed by atoms with E-state index in [0.29, 0.717) is 25.3 Å². The van der Waals surface area contributed by atoms with Crippen molar-refractivity contribution in [3.63, 3.8) is 0 Å². The van der Waals surface area contributed by atoms with Crippen LogP contribution in [0.5, 0.6) is 5.75 Å². The van der Waals surface area contributed by atoms with Crippen molar-refractivity contribution in [3.05, 3.63) is 51.7 Å². The molecule has 21 heavy (non-hydrogen) atoms. The molecule has 0 aliphatic carbocycles. The predicted molar refractivity (Wildman–Crippen MR) is 83.8 cm³/mol. The minimum atomic E-state index is -0.0937. The fourth-order valence-electron chi connectivity index (χ4n) is 1.93. The van der Waals surface area contributed by atoms with Crippen LogP contribution in [0, 0.1) is 0 Å². The van der Waals surface area contributed by atoms with Crippen molar-refractivity contribution in [2.24, 2.45) is 0 Å². The first-order chi connectivity index (χ1) is 10.2. The molecule has 0 saturated heterocycles. The Hall–Kier alpha value is -1.85. The lowest BCUT2D eigenvalue weighted by Gasteiger charge is -2.11. The second-order valence-electron chi connectivity index (χ2n) is 4.43. The molecule has 1 heterocycles. The summed E-state index contributed by atoms with van der Waals surface area (Å²) in [7, 11) is 1.61. The Labute approximate surface area is 128 Å². The fraction of sp³-hybridized carbons (Fsp3) is 0.312. The molecule has 0 atom stereocenters. The number of rotatable bonds is 7. The summed E-state index contributed by atoms with van der Waals surface area (Å²) in [6, 6.07) is 9.35. The maximum absolute atomic E-state index is 12.2. The van der Waals surface area contributed by atoms with E-state index >= 15 is 0 Å². The van der Waals surface area contributed by atoms with Gasteiger partial charge in [-0.05, 0) is 36.6 Å². The van der Waals surface area contributed by atoms with Gasteiger partial charge in [-0.3, -0.25) is 4.79 Å². The van der Waals surface area contributed by atoms with Gasteiger partial charge in [0, 0.05) is 22.6 Å². The first kappa shape index (κ1) is 15.5. The van der Waals surface area contributed by atoms with Crippen molar-refractivity contribution in [1.29, 1.82) is 0 Å². The molecule has 0 aliphatic heterocycles. The van der Waals surface area contributed by atoms with Gasteiger partial charge in [-0.2, -0.15) is 0 Å². The monoisotopic (exact) mass is 305 g/mol. The van der Waals surface area contributed by atoms with E-state index in [1.807, 2.05) is 30.5 Å². The van der Waals surface area contributed by atoms with Crippen molar-refractivity contribution in [3.8, 4) is 5.75 Å². The van der Waals surface area contributed by atoms with Crippen LogP contribution in [-0.4, -0.2) is 19.6 Å². The first-order valence-corrected chi connectivity index (χ1v) is 7.67. The zero-order chi connectivity index (χ0) is 15.1. The van der Waals surface area contributed by atoms with E-state index in [2.05, 4.69) is 5.32 Å². The molecule has 0 bridgehead atoms. The zero-order valence-electron chi connectivity index (χ0n) is 12.2. The lowest BCUT2D eigenvalue weighted by atomic mass is 10.1. The Morgan fingerprint density at radius 1 is 1.33 bits per heavy atom. The summed E-state index contributed by atoms with van der Waals surface area (Å²) < 4.78 is 10.7. The van der Waals surface area contributed by atoms with E-state index in [0.717, 1.165) is 16.2 Å². The summed E-state index contributed by atoms with van der Waals surface area (Å²) in [6.45, 7) is 3.54. The van der Waals surface area contributed by atoms with E-state index in [9.17, 15) is 4.79 Å². The highest BCUT2D eigenvalue weighted by Crippen LogP contribution is 2.21. The van der Waals surface area contributed by atoms with Gasteiger partial charge < -0.3 is 14.8 Å². The molecule has 1 aromatic heterocycles. The molecular formula is C16H19NO3S. The summed E-state index contributed by atoms with van der Waals surface area (Å²) in [5.41, 5.74) is 1.49. The Bertz CT molecular complexity index is 581. The molecular weight excluding hydrogens is 286 g/mol. The molecule has 2 aromatic rings. The number of thiophene rings is 1. The standard InChI is InChI=1S/C16H19NO3S/c1-3-20-11-13-9-12(6-7-15(13)19-2)16(18)17-10-14-5-4-8-21-14/h4-9H,3,10-11H2,1-2H3,(H,17,18). The van der Waals surface area contributed by atoms with Gasteiger partial charge in [-0.15, -0.1) is 11.3 Å². The number of methoxy groups -OCH3 is 1. The van der Waals surface area contributed by atoms with Gasteiger partial charge in [0.2, 0.25) is 0 Å². The molecule has 112 valence electrons. The second kappa shape index (κ2) is 7.81. The lowest BCUT2D eigenvalue weighted by molar-refractivity contribution is 0.0950. The zero-order valence-corrected chi connectivity index (χ0v) is 13.0. The third-order valence-electron chi connectivity index (χ3n) is 3.01. The van der Waals surface area contributed by atoms with Gasteiger partial charge in [0.1, 0.15) is 5.75 Å². The molecule has 0 aliphatic rings. The van der Waals surface area contributed by atoms with E-state index in [1.165, 1.54) is 0 Å². The van der Waals surface area contributed by atoms with Crippen LogP contribution in [0.25, 0.3) is 0 Å². The molecule has 0 spiro atoms. The van der Waals surface area contributed by atoms with E-state index in [1.54, 1.807) is 30.6 Å². The van der Waals surface area contributed by atoms with E-state index < -0.39 is 0 Å². The number of amides is 1. The number of nitrogens with one attached hydrogen (secondary N) is 1. The quantitative estimate of drug-likeness (QED) is 0.854. The molecule has 2 rings (SSSR count). The molecule has 0 fully saturated rings. The van der Waals surface area contributed by atoms with Gasteiger partial charge in [-0.1, -0.05) is 6.07 Å². The maximum atomic E-state index is 12.2. The predicted octanol–water partition coefficient (Wildman–Crippen LogP) is 3.22. The molecule has 1 amide bonds. The van der Waals surface area contributed by atoms with Crippen LogP contribution in [0.4, 0.5) is 0 Å². The van der Waals surface area contributed by atoms with Gasteiger partial charge in [0.15, 0.2) is 0 Å². The van der Waals surface area contributed by atoms with Gasteiger partial charge in [-0.25, -0.2) is 0 Å². The van der Waals surface area contributed by atoms with Crippen molar-refractivity contribution >= 4 is 17.2 Å². The number of carbonyl (C=O) groups is 1. The van der Waals surface area contributed by atoms with Crippen molar-refractivity contribution in [2.45, 2.75) is 20.1 Å².